The molecule has 0 aliphatic carbocycles. The average molecular weight is 356 g/mol. The first-order valence-corrected chi connectivity index (χ1v) is 8.81. The Hall–Kier alpha value is -1.45. The average Bonchev–Trinajstić information content (AvgIpc) is 2.41. The van der Waals surface area contributed by atoms with Gasteiger partial charge in [0, 0.05) is 11.1 Å². The lowest BCUT2D eigenvalue weighted by Crippen LogP contribution is -2.02. The number of hydrogen-bond acceptors (Lipinski definition) is 3. The van der Waals surface area contributed by atoms with Gasteiger partial charge in [0.15, 0.2) is 0 Å². The van der Waals surface area contributed by atoms with E-state index < -0.39 is 7.52 Å². The Labute approximate surface area is 126 Å². The summed E-state index contributed by atoms with van der Waals surface area (Å²) in [6.07, 6.45) is 0. The van der Waals surface area contributed by atoms with Crippen molar-refractivity contribution in [2.45, 2.75) is 0 Å². The largest absolute Gasteiger partial charge is 0.497 e. The quantitative estimate of drug-likeness (QED) is 0.784. The van der Waals surface area contributed by atoms with Gasteiger partial charge in [0.2, 0.25) is 0 Å². The van der Waals surface area contributed by atoms with Gasteiger partial charge in [-0.2, -0.15) is 0 Å². The van der Waals surface area contributed by atoms with E-state index in [0.717, 1.165) is 15.9 Å². The fourth-order valence-corrected chi connectivity index (χ4v) is 3.37. The van der Waals surface area contributed by atoms with E-state index in [4.69, 9.17) is 9.26 Å². The summed E-state index contributed by atoms with van der Waals surface area (Å²) in [4.78, 5) is 0. The van der Waals surface area contributed by atoms with Gasteiger partial charge in [0.05, 0.1) is 12.8 Å². The van der Waals surface area contributed by atoms with Crippen LogP contribution in [0, 0.1) is 0 Å². The molecule has 0 amide bonds. The predicted octanol–water partition coefficient (Wildman–Crippen LogP) is 4.77. The van der Waals surface area contributed by atoms with E-state index >= 15 is 0 Å². The number of hydrogen-bond donors (Lipinski definition) is 1. The zero-order valence-electron chi connectivity index (χ0n) is 11.2. The molecule has 0 saturated carbocycles. The molecule has 0 fully saturated rings. The second kappa shape index (κ2) is 6.33. The van der Waals surface area contributed by atoms with E-state index in [0.29, 0.717) is 5.75 Å². The smallest absolute Gasteiger partial charge is 0.338 e. The van der Waals surface area contributed by atoms with Gasteiger partial charge in [0.1, 0.15) is 11.5 Å². The first kappa shape index (κ1) is 14.9. The summed E-state index contributed by atoms with van der Waals surface area (Å²) in [5.74, 6) is 1.25. The van der Waals surface area contributed by atoms with Crippen LogP contribution in [0.5, 0.6) is 11.5 Å². The Bertz CT molecular complexity index is 631. The lowest BCUT2D eigenvalue weighted by atomic mass is 10.3. The molecular formula is C14H15BrNO3P. The minimum absolute atomic E-state index is 0.524. The molecule has 20 heavy (non-hydrogen) atoms. The molecule has 1 atom stereocenters. The van der Waals surface area contributed by atoms with Gasteiger partial charge >= 0.3 is 7.52 Å². The van der Waals surface area contributed by atoms with Gasteiger partial charge in [-0.3, -0.25) is 4.57 Å². The fraction of sp³-hybridized carbons (Fsp3) is 0.143. The third-order valence-electron chi connectivity index (χ3n) is 2.54. The standard InChI is InChI=1S/C14H15BrNO3P/c1-18-11-7-9-12(10-8-11)19-20(2,17)16-14-6-4-3-5-13(14)15/h3-10H,1-2H3,(H,16,17)/t20-/m1/s1. The topological polar surface area (TPSA) is 47.6 Å². The van der Waals surface area contributed by atoms with Crippen LogP contribution >= 0.6 is 23.4 Å². The number of ether oxygens (including phenoxy) is 1. The second-order valence-electron chi connectivity index (χ2n) is 4.20. The molecule has 0 aliphatic heterocycles. The molecule has 2 aromatic carbocycles. The summed E-state index contributed by atoms with van der Waals surface area (Å²) in [5.41, 5.74) is 0.729. The highest BCUT2D eigenvalue weighted by Crippen LogP contribution is 2.44. The third-order valence-corrected chi connectivity index (χ3v) is 4.43. The Morgan fingerprint density at radius 3 is 2.25 bits per heavy atom. The summed E-state index contributed by atoms with van der Waals surface area (Å²) >= 11 is 3.40. The SMILES string of the molecule is COc1ccc(O[P@@](C)(=O)Nc2ccccc2Br)cc1. The maximum absolute atomic E-state index is 12.5. The summed E-state index contributed by atoms with van der Waals surface area (Å²) in [7, 11) is -1.42. The van der Waals surface area contributed by atoms with Gasteiger partial charge < -0.3 is 14.3 Å². The molecule has 0 aromatic heterocycles. The molecule has 0 spiro atoms. The maximum Gasteiger partial charge on any atom is 0.338 e. The Kier molecular flexibility index (Phi) is 4.73. The zero-order valence-corrected chi connectivity index (χ0v) is 13.6. The van der Waals surface area contributed by atoms with Gasteiger partial charge in [-0.25, -0.2) is 0 Å². The fourth-order valence-electron chi connectivity index (χ4n) is 1.63. The van der Waals surface area contributed by atoms with Crippen molar-refractivity contribution in [3.63, 3.8) is 0 Å². The molecule has 2 aromatic rings. The van der Waals surface area contributed by atoms with Crippen molar-refractivity contribution in [1.82, 2.24) is 0 Å². The predicted molar refractivity (Wildman–Crippen MR) is 84.9 cm³/mol. The highest BCUT2D eigenvalue weighted by molar-refractivity contribution is 9.10. The molecule has 0 unspecified atom stereocenters. The molecule has 0 aliphatic rings. The number of rotatable bonds is 5. The van der Waals surface area contributed by atoms with Crippen LogP contribution < -0.4 is 14.3 Å². The lowest BCUT2D eigenvalue weighted by Gasteiger charge is -2.18. The van der Waals surface area contributed by atoms with Crippen LogP contribution in [0.4, 0.5) is 5.69 Å². The zero-order chi connectivity index (χ0) is 14.6. The van der Waals surface area contributed by atoms with Crippen LogP contribution in [-0.2, 0) is 4.57 Å². The Morgan fingerprint density at radius 2 is 1.65 bits per heavy atom. The van der Waals surface area contributed by atoms with Crippen molar-refractivity contribution in [2.24, 2.45) is 0 Å². The van der Waals surface area contributed by atoms with Crippen LogP contribution in [-0.4, -0.2) is 13.8 Å². The molecule has 6 heteroatoms. The minimum atomic E-state index is -3.01. The Balaban J connectivity index is 2.10. The first-order chi connectivity index (χ1) is 9.50. The summed E-state index contributed by atoms with van der Waals surface area (Å²) in [6.45, 7) is 1.54. The van der Waals surface area contributed by atoms with Crippen LogP contribution in [0.3, 0.4) is 0 Å². The third kappa shape index (κ3) is 4.02. The maximum atomic E-state index is 12.5. The van der Waals surface area contributed by atoms with Crippen LogP contribution in [0.1, 0.15) is 0 Å². The van der Waals surface area contributed by atoms with Gasteiger partial charge in [-0.1, -0.05) is 12.1 Å². The number of anilines is 1. The summed E-state index contributed by atoms with van der Waals surface area (Å²) in [5, 5.41) is 2.92. The van der Waals surface area contributed by atoms with Crippen molar-refractivity contribution in [1.29, 1.82) is 0 Å². The number of para-hydroxylation sites is 1. The van der Waals surface area contributed by atoms with E-state index in [2.05, 4.69) is 21.0 Å². The molecule has 0 saturated heterocycles. The highest BCUT2D eigenvalue weighted by Gasteiger charge is 2.18. The van der Waals surface area contributed by atoms with Crippen molar-refractivity contribution in [3.05, 3.63) is 53.0 Å². The monoisotopic (exact) mass is 355 g/mol. The number of halogens is 1. The normalized spacial score (nSPS) is 13.3. The van der Waals surface area contributed by atoms with Gasteiger partial charge in [-0.05, 0) is 52.3 Å². The van der Waals surface area contributed by atoms with Crippen molar-refractivity contribution >= 4 is 29.1 Å². The molecule has 0 bridgehead atoms. The highest BCUT2D eigenvalue weighted by atomic mass is 79.9. The van der Waals surface area contributed by atoms with E-state index in [1.54, 1.807) is 31.4 Å². The number of methoxy groups -OCH3 is 1. The van der Waals surface area contributed by atoms with Crippen molar-refractivity contribution in [2.75, 3.05) is 18.9 Å². The van der Waals surface area contributed by atoms with E-state index in [1.165, 1.54) is 6.66 Å². The van der Waals surface area contributed by atoms with Crippen LogP contribution in [0.25, 0.3) is 0 Å². The van der Waals surface area contributed by atoms with E-state index in [-0.39, 0.29) is 0 Å². The lowest BCUT2D eigenvalue weighted by molar-refractivity contribution is 0.413. The van der Waals surface area contributed by atoms with Gasteiger partial charge in [-0.15, -0.1) is 0 Å². The number of benzene rings is 2. The second-order valence-corrected chi connectivity index (χ2v) is 7.16. The summed E-state index contributed by atoms with van der Waals surface area (Å²) < 4.78 is 23.9. The van der Waals surface area contributed by atoms with E-state index in [9.17, 15) is 4.57 Å². The molecule has 0 heterocycles. The van der Waals surface area contributed by atoms with E-state index in [1.807, 2.05) is 24.3 Å². The molecule has 0 radical (unpaired) electrons. The van der Waals surface area contributed by atoms with Crippen molar-refractivity contribution < 1.29 is 13.8 Å². The van der Waals surface area contributed by atoms with Crippen molar-refractivity contribution in [3.8, 4) is 11.5 Å². The molecule has 106 valence electrons. The molecular weight excluding hydrogens is 341 g/mol. The van der Waals surface area contributed by atoms with Crippen LogP contribution in [0.15, 0.2) is 53.0 Å². The molecule has 4 nitrogen and oxygen atoms in total. The first-order valence-electron chi connectivity index (χ1n) is 5.94. The number of nitrogens with one attached hydrogen (secondary N) is 1. The van der Waals surface area contributed by atoms with Crippen LogP contribution in [0.2, 0.25) is 0 Å². The summed E-state index contributed by atoms with van der Waals surface area (Å²) in [6, 6.07) is 14.4. The van der Waals surface area contributed by atoms with Gasteiger partial charge in [0.25, 0.3) is 0 Å². The minimum Gasteiger partial charge on any atom is -0.497 e. The molecule has 2 rings (SSSR count). The Morgan fingerprint density at radius 1 is 1.05 bits per heavy atom. The molecule has 1 N–H and O–H groups in total.